The number of rotatable bonds is 6. The Morgan fingerprint density at radius 1 is 0.862 bits per heavy atom. The van der Waals surface area contributed by atoms with E-state index in [1.165, 1.54) is 0 Å². The molecule has 294 valence electrons. The Hall–Kier alpha value is -6.10. The number of aromatic nitrogens is 4. The molecule has 11 heteroatoms. The Bertz CT molecular complexity index is 2740. The molecule has 2 bridgehead atoms. The van der Waals surface area contributed by atoms with Crippen LogP contribution in [0.4, 0.5) is 9.59 Å². The molecule has 5 heterocycles. The van der Waals surface area contributed by atoms with Gasteiger partial charge >= 0.3 is 12.2 Å². The highest BCUT2D eigenvalue weighted by molar-refractivity contribution is 6.07. The van der Waals surface area contributed by atoms with E-state index in [4.69, 9.17) is 23.9 Å². The Morgan fingerprint density at radius 3 is 2.38 bits per heavy atom. The second-order valence-corrected chi connectivity index (χ2v) is 18.0. The van der Waals surface area contributed by atoms with Crippen molar-refractivity contribution in [1.29, 1.82) is 0 Å². The first-order chi connectivity index (χ1) is 28.1. The number of fused-ring (bicyclic) bond motifs is 6. The van der Waals surface area contributed by atoms with E-state index in [1.807, 2.05) is 73.2 Å². The summed E-state index contributed by atoms with van der Waals surface area (Å²) in [5, 5.41) is 2.09. The lowest BCUT2D eigenvalue weighted by atomic mass is 9.98. The van der Waals surface area contributed by atoms with Crippen LogP contribution in [0.1, 0.15) is 88.6 Å². The molecule has 58 heavy (non-hydrogen) atoms. The molecule has 2 N–H and O–H groups in total. The molecule has 3 aromatic heterocycles. The minimum Gasteiger partial charge on any atom is -0.456 e. The fourth-order valence-electron chi connectivity index (χ4n) is 9.88. The van der Waals surface area contributed by atoms with Gasteiger partial charge in [-0.2, -0.15) is 0 Å². The Morgan fingerprint density at radius 2 is 1.60 bits per heavy atom. The first-order valence-corrected chi connectivity index (χ1v) is 20.6. The average Bonchev–Trinajstić information content (AvgIpc) is 3.90. The van der Waals surface area contributed by atoms with Crippen molar-refractivity contribution in [2.24, 2.45) is 11.3 Å². The van der Waals surface area contributed by atoms with Crippen LogP contribution in [-0.2, 0) is 16.1 Å². The lowest BCUT2D eigenvalue weighted by molar-refractivity contribution is 0.00622. The lowest BCUT2D eigenvalue weighted by Gasteiger charge is -2.35. The van der Waals surface area contributed by atoms with E-state index in [0.29, 0.717) is 12.5 Å². The van der Waals surface area contributed by atoms with E-state index in [-0.39, 0.29) is 42.3 Å². The summed E-state index contributed by atoms with van der Waals surface area (Å²) in [5.41, 5.74) is 7.91. The first kappa shape index (κ1) is 35.1. The Kier molecular flexibility index (Phi) is 7.84. The number of likely N-dealkylation sites (tertiary alicyclic amines) is 2. The number of aromatic amines is 2. The summed E-state index contributed by atoms with van der Waals surface area (Å²) >= 11 is 0. The summed E-state index contributed by atoms with van der Waals surface area (Å²) < 4.78 is 18.1. The summed E-state index contributed by atoms with van der Waals surface area (Å²) in [6.07, 6.45) is 7.52. The maximum absolute atomic E-state index is 13.4. The van der Waals surface area contributed by atoms with Crippen LogP contribution in [-0.4, -0.2) is 60.1 Å². The van der Waals surface area contributed by atoms with Crippen LogP contribution in [0.25, 0.3) is 55.4 Å². The number of furan rings is 1. The van der Waals surface area contributed by atoms with Gasteiger partial charge in [-0.1, -0.05) is 48.5 Å². The molecule has 2 amide bonds. The largest absolute Gasteiger partial charge is 0.456 e. The fourth-order valence-corrected chi connectivity index (χ4v) is 9.88. The van der Waals surface area contributed by atoms with Crippen LogP contribution < -0.4 is 0 Å². The van der Waals surface area contributed by atoms with Crippen molar-refractivity contribution in [3.05, 3.63) is 108 Å². The number of nitrogens with zero attached hydrogens (tertiary/aromatic N) is 4. The Labute approximate surface area is 335 Å². The average molecular weight is 775 g/mol. The summed E-state index contributed by atoms with van der Waals surface area (Å²) in [6.45, 7) is 6.68. The maximum Gasteiger partial charge on any atom is 0.411 e. The second-order valence-electron chi connectivity index (χ2n) is 18.0. The van der Waals surface area contributed by atoms with Gasteiger partial charge in [0.05, 0.1) is 35.0 Å². The number of H-pyrrole nitrogens is 2. The number of amides is 2. The highest BCUT2D eigenvalue weighted by Gasteiger charge is 2.55. The van der Waals surface area contributed by atoms with E-state index in [9.17, 15) is 9.59 Å². The van der Waals surface area contributed by atoms with Gasteiger partial charge in [0.1, 0.15) is 35.0 Å². The fraction of sp³-hybridized carbons (Fsp3) is 0.362. The molecular formula is C47H46N6O5. The monoisotopic (exact) mass is 774 g/mol. The van der Waals surface area contributed by atoms with Crippen LogP contribution in [0.2, 0.25) is 0 Å². The van der Waals surface area contributed by atoms with E-state index >= 15 is 0 Å². The first-order valence-electron chi connectivity index (χ1n) is 20.6. The normalized spacial score (nSPS) is 22.2. The summed E-state index contributed by atoms with van der Waals surface area (Å²) in [7, 11) is 0. The summed E-state index contributed by atoms with van der Waals surface area (Å²) in [5.74, 6) is 1.98. The highest BCUT2D eigenvalue weighted by atomic mass is 16.6. The minimum atomic E-state index is -0.556. The van der Waals surface area contributed by atoms with Crippen LogP contribution in [0.15, 0.2) is 95.5 Å². The minimum absolute atomic E-state index is 0.115. The predicted molar refractivity (Wildman–Crippen MR) is 221 cm³/mol. The van der Waals surface area contributed by atoms with Crippen LogP contribution >= 0.6 is 0 Å². The molecule has 4 fully saturated rings. The van der Waals surface area contributed by atoms with Gasteiger partial charge in [0.25, 0.3) is 0 Å². The molecule has 4 unspecified atom stereocenters. The van der Waals surface area contributed by atoms with Gasteiger partial charge in [-0.15, -0.1) is 0 Å². The number of benzene rings is 4. The van der Waals surface area contributed by atoms with E-state index < -0.39 is 5.60 Å². The molecule has 11 nitrogen and oxygen atoms in total. The highest BCUT2D eigenvalue weighted by Crippen LogP contribution is 2.58. The maximum atomic E-state index is 13.4. The molecular weight excluding hydrogens is 729 g/mol. The van der Waals surface area contributed by atoms with Crippen molar-refractivity contribution < 1.29 is 23.5 Å². The van der Waals surface area contributed by atoms with Gasteiger partial charge in [0.2, 0.25) is 0 Å². The van der Waals surface area contributed by atoms with Gasteiger partial charge in [0.15, 0.2) is 0 Å². The van der Waals surface area contributed by atoms with E-state index in [1.54, 1.807) is 0 Å². The zero-order valence-corrected chi connectivity index (χ0v) is 33.0. The number of piperidine rings is 1. The third-order valence-electron chi connectivity index (χ3n) is 12.9. The van der Waals surface area contributed by atoms with Gasteiger partial charge in [-0.25, -0.2) is 19.6 Å². The third-order valence-corrected chi connectivity index (χ3v) is 12.9. The summed E-state index contributed by atoms with van der Waals surface area (Å²) in [6, 6.07) is 28.6. The quantitative estimate of drug-likeness (QED) is 0.172. The van der Waals surface area contributed by atoms with Crippen molar-refractivity contribution in [2.75, 3.05) is 6.54 Å². The van der Waals surface area contributed by atoms with E-state index in [2.05, 4.69) is 58.5 Å². The van der Waals surface area contributed by atoms with Gasteiger partial charge in [0, 0.05) is 28.9 Å². The number of hydrogen-bond acceptors (Lipinski definition) is 7. The number of imidazole rings is 2. The molecule has 2 saturated carbocycles. The molecule has 4 aliphatic rings. The van der Waals surface area contributed by atoms with E-state index in [0.717, 1.165) is 111 Å². The molecule has 2 aliphatic carbocycles. The third kappa shape index (κ3) is 6.10. The van der Waals surface area contributed by atoms with Gasteiger partial charge < -0.3 is 23.9 Å². The molecule has 4 atom stereocenters. The smallest absolute Gasteiger partial charge is 0.411 e. The van der Waals surface area contributed by atoms with Crippen molar-refractivity contribution in [3.8, 4) is 22.4 Å². The van der Waals surface area contributed by atoms with Crippen LogP contribution in [0.5, 0.6) is 0 Å². The lowest BCUT2D eigenvalue weighted by Crippen LogP contribution is -2.43. The molecule has 4 aromatic carbocycles. The molecule has 1 spiro atoms. The zero-order chi connectivity index (χ0) is 39.3. The van der Waals surface area contributed by atoms with Crippen molar-refractivity contribution in [1.82, 2.24) is 29.7 Å². The van der Waals surface area contributed by atoms with Crippen molar-refractivity contribution >= 4 is 45.2 Å². The predicted octanol–water partition coefficient (Wildman–Crippen LogP) is 10.8. The number of carbonyl (C=O) groups excluding carboxylic acids is 2. The SMILES string of the molecule is CC(C)(C)OC(=O)N1C2CCC(C2)C1c1nc2ccc(-c3ccc4c(c3)oc3cc(-c5cnc(C6CC7(CC7)CN6C(=O)OCc6ccccc6)[nH]5)ccc34)cc2[nH]1. The molecule has 2 aliphatic heterocycles. The standard InChI is InChI=1S/C47H46N6O5/c1-46(2,3)58-45(55)53-32-13-9-31(19-32)41(53)43-49-35-16-12-28(20-36(35)50-43)29-10-14-33-34-15-11-30(22-40(34)57-39(33)21-29)37-24-48-42(51-37)38-23-47(17-18-47)26-52(38)44(54)56-25-27-7-5-4-6-8-27/h4-8,10-12,14-16,20-22,24,31-32,38,41H,9,13,17-19,23,25-26H2,1-3H3,(H,48,51)(H,49,50). The van der Waals surface area contributed by atoms with Gasteiger partial charge in [-0.3, -0.25) is 9.80 Å². The number of ether oxygens (including phenoxy) is 2. The molecule has 0 radical (unpaired) electrons. The molecule has 7 aromatic rings. The second kappa shape index (κ2) is 13.0. The van der Waals surface area contributed by atoms with Crippen molar-refractivity contribution in [3.63, 3.8) is 0 Å². The number of hydrogen-bond donors (Lipinski definition) is 2. The van der Waals surface area contributed by atoms with Crippen LogP contribution in [0, 0.1) is 11.3 Å². The molecule has 2 saturated heterocycles. The van der Waals surface area contributed by atoms with Crippen LogP contribution in [0.3, 0.4) is 0 Å². The number of carbonyl (C=O) groups is 2. The summed E-state index contributed by atoms with van der Waals surface area (Å²) in [4.78, 5) is 47.4. The zero-order valence-electron chi connectivity index (χ0n) is 33.0. The number of nitrogens with one attached hydrogen (secondary N) is 2. The molecule has 11 rings (SSSR count). The Balaban J connectivity index is 0.837. The van der Waals surface area contributed by atoms with Gasteiger partial charge in [-0.05, 0) is 124 Å². The van der Waals surface area contributed by atoms with Crippen molar-refractivity contribution in [2.45, 2.75) is 89.6 Å². The topological polar surface area (TPSA) is 130 Å².